The Hall–Kier alpha value is -2.14. The van der Waals surface area contributed by atoms with E-state index in [0.717, 1.165) is 51.0 Å². The zero-order valence-corrected chi connectivity index (χ0v) is 14.6. The number of aromatic hydroxyl groups is 1. The minimum absolute atomic E-state index is 0.0918. The Morgan fingerprint density at radius 1 is 0.962 bits per heavy atom. The zero-order valence-electron chi connectivity index (χ0n) is 14.6. The first-order valence-electron chi connectivity index (χ1n) is 9.19. The molecule has 2 fully saturated rings. The maximum absolute atomic E-state index is 13.3. The number of halogens is 2. The van der Waals surface area contributed by atoms with Gasteiger partial charge in [0.05, 0.1) is 6.10 Å². The molecule has 3 nitrogen and oxygen atoms in total. The predicted octanol–water partition coefficient (Wildman–Crippen LogP) is 4.00. The minimum Gasteiger partial charge on any atom is -0.508 e. The van der Waals surface area contributed by atoms with Gasteiger partial charge < -0.3 is 14.7 Å². The quantitative estimate of drug-likeness (QED) is 0.876. The summed E-state index contributed by atoms with van der Waals surface area (Å²) in [6.45, 7) is 3.16. The predicted molar refractivity (Wildman–Crippen MR) is 95.2 cm³/mol. The Morgan fingerprint density at radius 3 is 2.31 bits per heavy atom. The van der Waals surface area contributed by atoms with E-state index in [9.17, 15) is 13.9 Å². The number of phenols is 1. The van der Waals surface area contributed by atoms with Gasteiger partial charge >= 0.3 is 0 Å². The summed E-state index contributed by atoms with van der Waals surface area (Å²) in [5.74, 6) is 0.246. The van der Waals surface area contributed by atoms with E-state index in [1.54, 1.807) is 12.1 Å². The topological polar surface area (TPSA) is 32.7 Å². The van der Waals surface area contributed by atoms with Gasteiger partial charge in [-0.1, -0.05) is 12.1 Å². The number of benzene rings is 2. The second-order valence-electron chi connectivity index (χ2n) is 7.48. The van der Waals surface area contributed by atoms with Crippen LogP contribution in [0, 0.1) is 23.5 Å². The van der Waals surface area contributed by atoms with Crippen LogP contribution in [0.1, 0.15) is 18.4 Å². The number of phenolic OH excluding ortho intramolecular Hbond substituents is 1. The molecule has 5 heteroatoms. The van der Waals surface area contributed by atoms with E-state index in [1.807, 2.05) is 12.1 Å². The first-order valence-corrected chi connectivity index (χ1v) is 9.19. The Morgan fingerprint density at radius 2 is 1.65 bits per heavy atom. The second-order valence-corrected chi connectivity index (χ2v) is 7.48. The third kappa shape index (κ3) is 3.83. The van der Waals surface area contributed by atoms with E-state index in [0.29, 0.717) is 23.3 Å². The summed E-state index contributed by atoms with van der Waals surface area (Å²) >= 11 is 0. The molecule has 0 unspecified atom stereocenters. The smallest absolute Gasteiger partial charge is 0.162 e. The molecule has 2 aliphatic rings. The maximum Gasteiger partial charge on any atom is 0.162 e. The van der Waals surface area contributed by atoms with E-state index in [1.165, 1.54) is 11.6 Å². The number of fused-ring (bicyclic) bond motifs is 1. The molecule has 0 amide bonds. The van der Waals surface area contributed by atoms with Crippen molar-refractivity contribution >= 4 is 0 Å². The van der Waals surface area contributed by atoms with Gasteiger partial charge in [-0.15, -0.1) is 0 Å². The van der Waals surface area contributed by atoms with Crippen LogP contribution in [0.15, 0.2) is 42.5 Å². The fourth-order valence-corrected chi connectivity index (χ4v) is 4.31. The van der Waals surface area contributed by atoms with Crippen molar-refractivity contribution in [1.29, 1.82) is 0 Å². The summed E-state index contributed by atoms with van der Waals surface area (Å²) in [6.07, 6.45) is 3.02. The standard InChI is InChI=1S/C21H23F2NO2/c22-20-6-5-18(11-21(20)23)26-19-9-15-12-24(13-16(15)10-19)8-7-14-1-3-17(25)4-2-14/h1-6,11,15-16,19,25H,7-10,12-13H2/t15-,16+,19+. The molecule has 1 aliphatic carbocycles. The molecule has 2 aromatic rings. The highest BCUT2D eigenvalue weighted by Crippen LogP contribution is 2.39. The molecule has 1 N–H and O–H groups in total. The minimum atomic E-state index is -0.860. The number of rotatable bonds is 5. The largest absolute Gasteiger partial charge is 0.508 e. The van der Waals surface area contributed by atoms with Crippen LogP contribution in [0.25, 0.3) is 0 Å². The lowest BCUT2D eigenvalue weighted by Gasteiger charge is -2.20. The molecule has 1 saturated heterocycles. The molecule has 0 bridgehead atoms. The number of likely N-dealkylation sites (tertiary alicyclic amines) is 1. The summed E-state index contributed by atoms with van der Waals surface area (Å²) < 4.78 is 32.2. The van der Waals surface area contributed by atoms with Crippen LogP contribution in [0.4, 0.5) is 8.78 Å². The van der Waals surface area contributed by atoms with E-state index in [2.05, 4.69) is 4.90 Å². The average Bonchev–Trinajstić information content (AvgIpc) is 3.16. The van der Waals surface area contributed by atoms with Crippen molar-refractivity contribution in [2.45, 2.75) is 25.4 Å². The van der Waals surface area contributed by atoms with Gasteiger partial charge in [-0.05, 0) is 60.9 Å². The number of ether oxygens (including phenoxy) is 1. The molecule has 3 atom stereocenters. The van der Waals surface area contributed by atoms with Crippen molar-refractivity contribution in [2.24, 2.45) is 11.8 Å². The van der Waals surface area contributed by atoms with Crippen molar-refractivity contribution in [1.82, 2.24) is 4.90 Å². The Labute approximate surface area is 152 Å². The SMILES string of the molecule is Oc1ccc(CCN2C[C@H]3C[C@H](Oc4ccc(F)c(F)c4)C[C@H]3C2)cc1. The second kappa shape index (κ2) is 7.23. The molecule has 1 aliphatic heterocycles. The van der Waals surface area contributed by atoms with Gasteiger partial charge in [0, 0.05) is 25.7 Å². The van der Waals surface area contributed by atoms with Crippen molar-refractivity contribution in [3.63, 3.8) is 0 Å². The lowest BCUT2D eigenvalue weighted by Crippen LogP contribution is -2.26. The number of nitrogens with zero attached hydrogens (tertiary/aromatic N) is 1. The molecule has 4 rings (SSSR count). The highest BCUT2D eigenvalue weighted by Gasteiger charge is 2.41. The average molecular weight is 359 g/mol. The lowest BCUT2D eigenvalue weighted by molar-refractivity contribution is 0.185. The molecule has 0 aromatic heterocycles. The van der Waals surface area contributed by atoms with Gasteiger partial charge in [-0.25, -0.2) is 8.78 Å². The van der Waals surface area contributed by atoms with Crippen LogP contribution in [0.3, 0.4) is 0 Å². The Bertz CT molecular complexity index is 751. The van der Waals surface area contributed by atoms with Crippen molar-refractivity contribution in [3.05, 3.63) is 59.7 Å². The van der Waals surface area contributed by atoms with Gasteiger partial charge in [-0.3, -0.25) is 0 Å². The fourth-order valence-electron chi connectivity index (χ4n) is 4.31. The summed E-state index contributed by atoms with van der Waals surface area (Å²) in [4.78, 5) is 2.50. The van der Waals surface area contributed by atoms with Crippen LogP contribution in [0.5, 0.6) is 11.5 Å². The zero-order chi connectivity index (χ0) is 18.1. The first kappa shape index (κ1) is 17.3. The van der Waals surface area contributed by atoms with E-state index in [-0.39, 0.29) is 6.10 Å². The molecule has 0 radical (unpaired) electrons. The van der Waals surface area contributed by atoms with Gasteiger partial charge in [0.2, 0.25) is 0 Å². The monoisotopic (exact) mass is 359 g/mol. The summed E-state index contributed by atoms with van der Waals surface area (Å²) in [5, 5.41) is 9.34. The molecule has 2 aromatic carbocycles. The van der Waals surface area contributed by atoms with E-state index in [4.69, 9.17) is 4.74 Å². The molecule has 1 heterocycles. The van der Waals surface area contributed by atoms with Gasteiger partial charge in [0.15, 0.2) is 11.6 Å². The van der Waals surface area contributed by atoms with Gasteiger partial charge in [0.1, 0.15) is 11.5 Å². The normalized spacial score (nSPS) is 25.4. The Kier molecular flexibility index (Phi) is 4.81. The molecule has 138 valence electrons. The third-order valence-electron chi connectivity index (χ3n) is 5.63. The number of hydrogen-bond donors (Lipinski definition) is 1. The van der Waals surface area contributed by atoms with Crippen LogP contribution >= 0.6 is 0 Å². The highest BCUT2D eigenvalue weighted by atomic mass is 19.2. The Balaban J connectivity index is 1.26. The third-order valence-corrected chi connectivity index (χ3v) is 5.63. The van der Waals surface area contributed by atoms with Crippen molar-refractivity contribution in [2.75, 3.05) is 19.6 Å². The van der Waals surface area contributed by atoms with Gasteiger partial charge in [0.25, 0.3) is 0 Å². The van der Waals surface area contributed by atoms with Crippen molar-refractivity contribution in [3.8, 4) is 11.5 Å². The highest BCUT2D eigenvalue weighted by molar-refractivity contribution is 5.26. The van der Waals surface area contributed by atoms with Crippen LogP contribution < -0.4 is 4.74 Å². The summed E-state index contributed by atoms with van der Waals surface area (Å²) in [6, 6.07) is 11.1. The molecule has 26 heavy (non-hydrogen) atoms. The summed E-state index contributed by atoms with van der Waals surface area (Å²) in [5.41, 5.74) is 1.24. The van der Waals surface area contributed by atoms with Crippen LogP contribution in [-0.4, -0.2) is 35.7 Å². The number of hydrogen-bond acceptors (Lipinski definition) is 3. The van der Waals surface area contributed by atoms with Crippen molar-refractivity contribution < 1.29 is 18.6 Å². The van der Waals surface area contributed by atoms with Crippen LogP contribution in [-0.2, 0) is 6.42 Å². The lowest BCUT2D eigenvalue weighted by atomic mass is 10.0. The van der Waals surface area contributed by atoms with Gasteiger partial charge in [-0.2, -0.15) is 0 Å². The molecular formula is C21H23F2NO2. The molecule has 1 saturated carbocycles. The fraction of sp³-hybridized carbons (Fsp3) is 0.429. The summed E-state index contributed by atoms with van der Waals surface area (Å²) in [7, 11) is 0. The van der Waals surface area contributed by atoms with Crippen LogP contribution in [0.2, 0.25) is 0 Å². The van der Waals surface area contributed by atoms with E-state index < -0.39 is 11.6 Å². The molecule has 0 spiro atoms. The van der Waals surface area contributed by atoms with E-state index >= 15 is 0 Å². The maximum atomic E-state index is 13.3. The molecular weight excluding hydrogens is 336 g/mol. The first-order chi connectivity index (χ1) is 12.6.